The van der Waals surface area contributed by atoms with Crippen LogP contribution in [0.25, 0.3) is 0 Å². The molecular formula is C12H22ClN3. The average molecular weight is 244 g/mol. The molecule has 92 valence electrons. The number of H-pyrrole nitrogens is 1. The van der Waals surface area contributed by atoms with E-state index in [-0.39, 0.29) is 0 Å². The Morgan fingerprint density at radius 2 is 2.19 bits per heavy atom. The highest BCUT2D eigenvalue weighted by Crippen LogP contribution is 2.14. The minimum absolute atomic E-state index is 0.512. The molecule has 0 aliphatic carbocycles. The van der Waals surface area contributed by atoms with E-state index >= 15 is 0 Å². The molecule has 0 saturated heterocycles. The van der Waals surface area contributed by atoms with Crippen LogP contribution in [-0.4, -0.2) is 16.0 Å². The van der Waals surface area contributed by atoms with E-state index in [9.17, 15) is 0 Å². The zero-order valence-corrected chi connectivity index (χ0v) is 11.2. The van der Waals surface area contributed by atoms with E-state index in [1.54, 1.807) is 0 Å². The standard InChI is InChI=1S/C12H22ClN3/c1-4-6-7-11-15-10(12(13)16-11)8-14-9(3)5-2/h9,14H,4-8H2,1-3H3,(H,15,16). The Bertz CT molecular complexity index is 309. The molecule has 0 saturated carbocycles. The Balaban J connectivity index is 2.49. The Morgan fingerprint density at radius 3 is 2.81 bits per heavy atom. The SMILES string of the molecule is CCCCc1nc(Cl)c(CNC(C)CC)[nH]1. The van der Waals surface area contributed by atoms with Crippen molar-refractivity contribution in [1.82, 2.24) is 15.3 Å². The summed E-state index contributed by atoms with van der Waals surface area (Å²) in [5.41, 5.74) is 1.01. The van der Waals surface area contributed by atoms with Gasteiger partial charge in [0.2, 0.25) is 0 Å². The summed E-state index contributed by atoms with van der Waals surface area (Å²) in [6.45, 7) is 7.28. The number of rotatable bonds is 7. The monoisotopic (exact) mass is 243 g/mol. The van der Waals surface area contributed by atoms with Gasteiger partial charge in [0.1, 0.15) is 5.82 Å². The van der Waals surface area contributed by atoms with Crippen LogP contribution >= 0.6 is 11.6 Å². The van der Waals surface area contributed by atoms with E-state index < -0.39 is 0 Å². The Hall–Kier alpha value is -0.540. The molecule has 1 unspecified atom stereocenters. The smallest absolute Gasteiger partial charge is 0.151 e. The van der Waals surface area contributed by atoms with Crippen LogP contribution in [0.15, 0.2) is 0 Å². The average Bonchev–Trinajstić information content (AvgIpc) is 2.64. The number of unbranched alkanes of at least 4 members (excludes halogenated alkanes) is 1. The number of hydrogen-bond donors (Lipinski definition) is 2. The van der Waals surface area contributed by atoms with Gasteiger partial charge < -0.3 is 10.3 Å². The fourth-order valence-electron chi connectivity index (χ4n) is 1.44. The van der Waals surface area contributed by atoms with Crippen LogP contribution in [0.3, 0.4) is 0 Å². The van der Waals surface area contributed by atoms with Crippen LogP contribution in [0.1, 0.15) is 51.6 Å². The van der Waals surface area contributed by atoms with E-state index in [1.165, 1.54) is 6.42 Å². The van der Waals surface area contributed by atoms with Gasteiger partial charge in [0.15, 0.2) is 5.15 Å². The van der Waals surface area contributed by atoms with Crippen LogP contribution in [0, 0.1) is 0 Å². The first kappa shape index (κ1) is 13.5. The molecule has 2 N–H and O–H groups in total. The molecule has 3 nitrogen and oxygen atoms in total. The van der Waals surface area contributed by atoms with Gasteiger partial charge >= 0.3 is 0 Å². The van der Waals surface area contributed by atoms with Gasteiger partial charge in [0.05, 0.1) is 5.69 Å². The number of aromatic nitrogens is 2. The fourth-order valence-corrected chi connectivity index (χ4v) is 1.66. The van der Waals surface area contributed by atoms with E-state index in [0.717, 1.165) is 37.3 Å². The largest absolute Gasteiger partial charge is 0.344 e. The summed E-state index contributed by atoms with van der Waals surface area (Å²) in [7, 11) is 0. The van der Waals surface area contributed by atoms with Crippen molar-refractivity contribution in [2.45, 2.75) is 59.0 Å². The van der Waals surface area contributed by atoms with Crippen LogP contribution in [-0.2, 0) is 13.0 Å². The number of imidazole rings is 1. The minimum atomic E-state index is 0.512. The molecule has 1 rings (SSSR count). The topological polar surface area (TPSA) is 40.7 Å². The molecule has 1 atom stereocenters. The summed E-state index contributed by atoms with van der Waals surface area (Å²) >= 11 is 6.07. The normalized spacial score (nSPS) is 13.0. The minimum Gasteiger partial charge on any atom is -0.344 e. The number of hydrogen-bond acceptors (Lipinski definition) is 2. The quantitative estimate of drug-likeness (QED) is 0.772. The molecule has 16 heavy (non-hydrogen) atoms. The predicted octanol–water partition coefficient (Wildman–Crippen LogP) is 3.29. The molecule has 0 radical (unpaired) electrons. The highest BCUT2D eigenvalue weighted by molar-refractivity contribution is 6.30. The van der Waals surface area contributed by atoms with Crippen LogP contribution in [0.2, 0.25) is 5.15 Å². The first-order valence-corrected chi connectivity index (χ1v) is 6.51. The molecule has 0 aromatic carbocycles. The van der Waals surface area contributed by atoms with Crippen molar-refractivity contribution in [3.63, 3.8) is 0 Å². The molecule has 0 amide bonds. The molecule has 0 aliphatic rings. The van der Waals surface area contributed by atoms with Gasteiger partial charge in [-0.05, 0) is 19.8 Å². The van der Waals surface area contributed by atoms with Crippen LogP contribution < -0.4 is 5.32 Å². The summed E-state index contributed by atoms with van der Waals surface area (Å²) in [6.07, 6.45) is 4.44. The number of aromatic amines is 1. The predicted molar refractivity (Wildman–Crippen MR) is 68.8 cm³/mol. The van der Waals surface area contributed by atoms with Crippen molar-refractivity contribution in [1.29, 1.82) is 0 Å². The van der Waals surface area contributed by atoms with Gasteiger partial charge in [-0.25, -0.2) is 4.98 Å². The highest BCUT2D eigenvalue weighted by atomic mass is 35.5. The lowest BCUT2D eigenvalue weighted by Crippen LogP contribution is -2.24. The van der Waals surface area contributed by atoms with Crippen molar-refractivity contribution < 1.29 is 0 Å². The van der Waals surface area contributed by atoms with Gasteiger partial charge in [-0.3, -0.25) is 0 Å². The van der Waals surface area contributed by atoms with Gasteiger partial charge in [-0.2, -0.15) is 0 Å². The fraction of sp³-hybridized carbons (Fsp3) is 0.750. The molecule has 1 aromatic rings. The molecule has 0 bridgehead atoms. The third kappa shape index (κ3) is 4.14. The second-order valence-corrected chi connectivity index (χ2v) is 4.60. The van der Waals surface area contributed by atoms with Gasteiger partial charge in [-0.1, -0.05) is 31.9 Å². The lowest BCUT2D eigenvalue weighted by molar-refractivity contribution is 0.529. The number of nitrogens with one attached hydrogen (secondary N) is 2. The number of nitrogens with zero attached hydrogens (tertiary/aromatic N) is 1. The summed E-state index contributed by atoms with van der Waals surface area (Å²) in [6, 6.07) is 0.512. The number of halogens is 1. The second-order valence-electron chi connectivity index (χ2n) is 4.25. The summed E-state index contributed by atoms with van der Waals surface area (Å²) in [5.74, 6) is 1.01. The Labute approximate surface area is 103 Å². The van der Waals surface area contributed by atoms with Gasteiger partial charge in [-0.15, -0.1) is 0 Å². The molecule has 1 aromatic heterocycles. The zero-order chi connectivity index (χ0) is 12.0. The summed E-state index contributed by atoms with van der Waals surface area (Å²) in [5, 5.41) is 4.02. The molecule has 0 spiro atoms. The first-order chi connectivity index (χ1) is 7.67. The first-order valence-electron chi connectivity index (χ1n) is 6.14. The molecule has 0 fully saturated rings. The third-order valence-electron chi connectivity index (χ3n) is 2.78. The van der Waals surface area contributed by atoms with Crippen molar-refractivity contribution in [3.05, 3.63) is 16.7 Å². The number of aryl methyl sites for hydroxylation is 1. The maximum absolute atomic E-state index is 6.07. The maximum Gasteiger partial charge on any atom is 0.151 e. The third-order valence-corrected chi connectivity index (χ3v) is 3.10. The van der Waals surface area contributed by atoms with Crippen LogP contribution in [0.5, 0.6) is 0 Å². The lowest BCUT2D eigenvalue weighted by Gasteiger charge is -2.09. The van der Waals surface area contributed by atoms with E-state index in [0.29, 0.717) is 11.2 Å². The summed E-state index contributed by atoms with van der Waals surface area (Å²) in [4.78, 5) is 7.61. The van der Waals surface area contributed by atoms with E-state index in [4.69, 9.17) is 11.6 Å². The zero-order valence-electron chi connectivity index (χ0n) is 10.4. The maximum atomic E-state index is 6.07. The van der Waals surface area contributed by atoms with Crippen molar-refractivity contribution in [3.8, 4) is 0 Å². The highest BCUT2D eigenvalue weighted by Gasteiger charge is 2.08. The molecule has 1 heterocycles. The summed E-state index contributed by atoms with van der Waals surface area (Å²) < 4.78 is 0. The Morgan fingerprint density at radius 1 is 1.44 bits per heavy atom. The van der Waals surface area contributed by atoms with Crippen LogP contribution in [0.4, 0.5) is 0 Å². The van der Waals surface area contributed by atoms with E-state index in [2.05, 4.69) is 36.1 Å². The Kier molecular flexibility index (Phi) is 5.85. The van der Waals surface area contributed by atoms with E-state index in [1.807, 2.05) is 0 Å². The van der Waals surface area contributed by atoms with Crippen molar-refractivity contribution in [2.24, 2.45) is 0 Å². The van der Waals surface area contributed by atoms with Crippen molar-refractivity contribution >= 4 is 11.6 Å². The second kappa shape index (κ2) is 6.92. The lowest BCUT2D eigenvalue weighted by atomic mass is 10.2. The van der Waals surface area contributed by atoms with Crippen molar-refractivity contribution in [2.75, 3.05) is 0 Å². The molecule has 4 heteroatoms. The van der Waals surface area contributed by atoms with Gasteiger partial charge in [0, 0.05) is 19.0 Å². The molecule has 0 aliphatic heterocycles. The van der Waals surface area contributed by atoms with Gasteiger partial charge in [0.25, 0.3) is 0 Å². The molecular weight excluding hydrogens is 222 g/mol.